The fourth-order valence-electron chi connectivity index (χ4n) is 6.69. The molecule has 5 fully saturated rings. The minimum Gasteiger partial charge on any atom is -0.279 e. The standard InChI is InChI=1S/C26H44N4/c1-5-13-21(14-6-1)27-25-29(23-17-9-3-10-18-23)26(28-22-15-7-2-8-16-22)30(25)24-19-11-4-12-20-24/h21-24H,1-20H2. The average Bonchev–Trinajstić information content (AvgIpc) is 2.81. The van der Waals surface area contributed by atoms with E-state index >= 15 is 0 Å². The second kappa shape index (κ2) is 10.0. The van der Waals surface area contributed by atoms with Gasteiger partial charge in [0.05, 0.1) is 12.1 Å². The smallest absolute Gasteiger partial charge is 0.211 e. The maximum Gasteiger partial charge on any atom is 0.211 e. The first-order chi connectivity index (χ1) is 14.9. The second-order valence-electron chi connectivity index (χ2n) is 10.8. The molecule has 5 aliphatic rings. The van der Waals surface area contributed by atoms with Crippen molar-refractivity contribution in [2.75, 3.05) is 0 Å². The summed E-state index contributed by atoms with van der Waals surface area (Å²) in [6.45, 7) is 0. The second-order valence-corrected chi connectivity index (χ2v) is 10.8. The Hall–Kier alpha value is -1.06. The van der Waals surface area contributed by atoms with Crippen LogP contribution < -0.4 is 0 Å². The molecule has 4 nitrogen and oxygen atoms in total. The summed E-state index contributed by atoms with van der Waals surface area (Å²) in [6, 6.07) is 2.43. The molecule has 0 amide bonds. The number of hydrogen-bond acceptors (Lipinski definition) is 2. The molecule has 4 aliphatic carbocycles. The molecular weight excluding hydrogens is 368 g/mol. The summed E-state index contributed by atoms with van der Waals surface area (Å²) in [7, 11) is 0. The summed E-state index contributed by atoms with van der Waals surface area (Å²) in [5, 5.41) is 0. The molecule has 1 heterocycles. The summed E-state index contributed by atoms with van der Waals surface area (Å²) >= 11 is 0. The summed E-state index contributed by atoms with van der Waals surface area (Å²) in [4.78, 5) is 16.3. The first-order valence-electron chi connectivity index (χ1n) is 13.6. The summed E-state index contributed by atoms with van der Waals surface area (Å²) in [6.07, 6.45) is 27.3. The van der Waals surface area contributed by atoms with Gasteiger partial charge >= 0.3 is 0 Å². The molecule has 0 unspecified atom stereocenters. The Balaban J connectivity index is 1.45. The van der Waals surface area contributed by atoms with Crippen LogP contribution in [0.2, 0.25) is 0 Å². The molecule has 0 bridgehead atoms. The molecule has 0 spiro atoms. The lowest BCUT2D eigenvalue weighted by molar-refractivity contribution is 0.188. The van der Waals surface area contributed by atoms with E-state index < -0.39 is 0 Å². The first kappa shape index (κ1) is 20.8. The first-order valence-corrected chi connectivity index (χ1v) is 13.6. The fraction of sp³-hybridized carbons (Fsp3) is 0.923. The lowest BCUT2D eigenvalue weighted by atomic mass is 9.90. The van der Waals surface area contributed by atoms with Crippen LogP contribution >= 0.6 is 0 Å². The van der Waals surface area contributed by atoms with Crippen LogP contribution in [0.15, 0.2) is 9.98 Å². The van der Waals surface area contributed by atoms with Crippen LogP contribution in [0, 0.1) is 0 Å². The van der Waals surface area contributed by atoms with Gasteiger partial charge in [-0.2, -0.15) is 0 Å². The molecule has 0 radical (unpaired) electrons. The van der Waals surface area contributed by atoms with E-state index in [1.807, 2.05) is 0 Å². The molecule has 1 saturated heterocycles. The van der Waals surface area contributed by atoms with Crippen molar-refractivity contribution in [2.24, 2.45) is 9.98 Å². The van der Waals surface area contributed by atoms with Gasteiger partial charge in [-0.3, -0.25) is 9.80 Å². The van der Waals surface area contributed by atoms with E-state index in [1.165, 1.54) is 140 Å². The van der Waals surface area contributed by atoms with E-state index in [-0.39, 0.29) is 0 Å². The normalized spacial score (nSPS) is 28.5. The van der Waals surface area contributed by atoms with Gasteiger partial charge in [0.15, 0.2) is 0 Å². The highest BCUT2D eigenvalue weighted by Gasteiger charge is 2.47. The minimum atomic E-state index is 0.558. The lowest BCUT2D eigenvalue weighted by Crippen LogP contribution is -2.71. The van der Waals surface area contributed by atoms with E-state index in [2.05, 4.69) is 9.80 Å². The minimum absolute atomic E-state index is 0.558. The van der Waals surface area contributed by atoms with Crippen molar-refractivity contribution >= 4 is 11.9 Å². The Morgan fingerprint density at radius 2 is 0.700 bits per heavy atom. The average molecular weight is 413 g/mol. The Bertz CT molecular complexity index is 537. The predicted molar refractivity (Wildman–Crippen MR) is 126 cm³/mol. The number of nitrogens with zero attached hydrogens (tertiary/aromatic N) is 4. The van der Waals surface area contributed by atoms with Crippen LogP contribution in [-0.2, 0) is 0 Å². The van der Waals surface area contributed by atoms with Crippen molar-refractivity contribution in [3.8, 4) is 0 Å². The molecule has 4 saturated carbocycles. The van der Waals surface area contributed by atoms with E-state index in [0.717, 1.165) is 0 Å². The molecule has 0 aromatic heterocycles. The van der Waals surface area contributed by atoms with Crippen LogP contribution in [0.4, 0.5) is 0 Å². The zero-order valence-corrected chi connectivity index (χ0v) is 19.2. The Morgan fingerprint density at radius 3 is 1.03 bits per heavy atom. The molecule has 0 aromatic carbocycles. The molecule has 4 heteroatoms. The highest BCUT2D eigenvalue weighted by atomic mass is 15.6. The fourth-order valence-corrected chi connectivity index (χ4v) is 6.69. The van der Waals surface area contributed by atoms with Crippen molar-refractivity contribution in [1.82, 2.24) is 9.80 Å². The summed E-state index contributed by atoms with van der Waals surface area (Å²) < 4.78 is 0. The molecule has 168 valence electrons. The van der Waals surface area contributed by atoms with Gasteiger partial charge in [0, 0.05) is 12.1 Å². The third-order valence-corrected chi connectivity index (χ3v) is 8.49. The quantitative estimate of drug-likeness (QED) is 0.518. The zero-order chi connectivity index (χ0) is 20.2. The van der Waals surface area contributed by atoms with Crippen LogP contribution in [0.5, 0.6) is 0 Å². The highest BCUT2D eigenvalue weighted by Crippen LogP contribution is 2.37. The van der Waals surface area contributed by atoms with Gasteiger partial charge in [-0.05, 0) is 51.4 Å². The SMILES string of the molecule is C1CCC(N=C2N(C3CCCCC3)C(=NC3CCCCC3)N2C2CCCCC2)CC1. The number of rotatable bonds is 4. The summed E-state index contributed by atoms with van der Waals surface area (Å²) in [5.41, 5.74) is 0. The Morgan fingerprint density at radius 1 is 0.400 bits per heavy atom. The highest BCUT2D eigenvalue weighted by molar-refractivity contribution is 6.17. The molecule has 1 aliphatic heterocycles. The van der Waals surface area contributed by atoms with Gasteiger partial charge in [-0.25, -0.2) is 9.98 Å². The Labute approximate surface area is 184 Å². The molecule has 30 heavy (non-hydrogen) atoms. The van der Waals surface area contributed by atoms with Crippen molar-refractivity contribution in [3.63, 3.8) is 0 Å². The van der Waals surface area contributed by atoms with Gasteiger partial charge in [-0.15, -0.1) is 0 Å². The van der Waals surface area contributed by atoms with Gasteiger partial charge in [0.2, 0.25) is 11.9 Å². The molecule has 5 rings (SSSR count). The van der Waals surface area contributed by atoms with Crippen molar-refractivity contribution in [2.45, 2.75) is 153 Å². The third kappa shape index (κ3) is 4.58. The summed E-state index contributed by atoms with van der Waals surface area (Å²) in [5.74, 6) is 2.69. The van der Waals surface area contributed by atoms with E-state index in [4.69, 9.17) is 9.98 Å². The van der Waals surface area contributed by atoms with E-state index in [9.17, 15) is 0 Å². The van der Waals surface area contributed by atoms with Crippen molar-refractivity contribution < 1.29 is 0 Å². The van der Waals surface area contributed by atoms with Crippen LogP contribution in [0.25, 0.3) is 0 Å². The van der Waals surface area contributed by atoms with Crippen LogP contribution in [-0.4, -0.2) is 45.9 Å². The van der Waals surface area contributed by atoms with Crippen LogP contribution in [0.3, 0.4) is 0 Å². The Kier molecular flexibility index (Phi) is 6.97. The van der Waals surface area contributed by atoms with Gasteiger partial charge in [0.25, 0.3) is 0 Å². The van der Waals surface area contributed by atoms with Crippen molar-refractivity contribution in [3.05, 3.63) is 0 Å². The zero-order valence-electron chi connectivity index (χ0n) is 19.2. The lowest BCUT2D eigenvalue weighted by Gasteiger charge is -2.55. The maximum absolute atomic E-state index is 5.49. The van der Waals surface area contributed by atoms with E-state index in [0.29, 0.717) is 24.2 Å². The monoisotopic (exact) mass is 412 g/mol. The number of guanidine groups is 2. The predicted octanol–water partition coefficient (Wildman–Crippen LogP) is 6.65. The van der Waals surface area contributed by atoms with Crippen LogP contribution in [0.1, 0.15) is 128 Å². The van der Waals surface area contributed by atoms with Crippen molar-refractivity contribution in [1.29, 1.82) is 0 Å². The largest absolute Gasteiger partial charge is 0.279 e. The van der Waals surface area contributed by atoms with E-state index in [1.54, 1.807) is 0 Å². The van der Waals surface area contributed by atoms with Gasteiger partial charge in [0.1, 0.15) is 0 Å². The molecule has 0 N–H and O–H groups in total. The third-order valence-electron chi connectivity index (χ3n) is 8.49. The molecule has 0 atom stereocenters. The number of aliphatic imine (C=N–C) groups is 2. The number of hydrogen-bond donors (Lipinski definition) is 0. The van der Waals surface area contributed by atoms with Gasteiger partial charge in [-0.1, -0.05) is 77.0 Å². The molecule has 0 aromatic rings. The van der Waals surface area contributed by atoms with Gasteiger partial charge < -0.3 is 0 Å². The maximum atomic E-state index is 5.49. The topological polar surface area (TPSA) is 31.2 Å². The molecular formula is C26H44N4.